The molecule has 1 heterocycles. The zero-order chi connectivity index (χ0) is 14.6. The Kier molecular flexibility index (Phi) is 3.16. The summed E-state index contributed by atoms with van der Waals surface area (Å²) in [5.74, 6) is 4.27. The zero-order valence-electron chi connectivity index (χ0n) is 13.1. The Morgan fingerprint density at radius 2 is 1.90 bits per heavy atom. The Balaban J connectivity index is 1.44. The first-order valence-corrected chi connectivity index (χ1v) is 8.50. The van der Waals surface area contributed by atoms with Gasteiger partial charge in [-0.1, -0.05) is 5.16 Å². The summed E-state index contributed by atoms with van der Waals surface area (Å²) in [6.45, 7) is 5.00. The molecule has 1 unspecified atom stereocenters. The summed E-state index contributed by atoms with van der Waals surface area (Å²) in [7, 11) is 0. The molecule has 0 aromatic carbocycles. The summed E-state index contributed by atoms with van der Waals surface area (Å²) in [5.41, 5.74) is 7.90. The first-order chi connectivity index (χ1) is 10.0. The largest absolute Gasteiger partial charge is 0.361 e. The van der Waals surface area contributed by atoms with Gasteiger partial charge in [0.05, 0.1) is 6.04 Å². The Labute approximate surface area is 126 Å². The molecule has 0 spiro atoms. The van der Waals surface area contributed by atoms with Crippen molar-refractivity contribution >= 4 is 0 Å². The molecule has 4 heteroatoms. The van der Waals surface area contributed by atoms with Crippen molar-refractivity contribution in [1.29, 1.82) is 0 Å². The molecule has 4 bridgehead atoms. The van der Waals surface area contributed by atoms with Gasteiger partial charge in [0.2, 0.25) is 0 Å². The van der Waals surface area contributed by atoms with E-state index in [9.17, 15) is 0 Å². The van der Waals surface area contributed by atoms with Crippen molar-refractivity contribution < 1.29 is 4.52 Å². The van der Waals surface area contributed by atoms with E-state index < -0.39 is 0 Å². The van der Waals surface area contributed by atoms with Crippen LogP contribution in [0.2, 0.25) is 0 Å². The molecule has 116 valence electrons. The van der Waals surface area contributed by atoms with Gasteiger partial charge >= 0.3 is 0 Å². The summed E-state index contributed by atoms with van der Waals surface area (Å²) < 4.78 is 5.18. The predicted molar refractivity (Wildman–Crippen MR) is 81.6 cm³/mol. The molecule has 4 saturated carbocycles. The van der Waals surface area contributed by atoms with Gasteiger partial charge in [-0.25, -0.2) is 0 Å². The van der Waals surface area contributed by atoms with Crippen LogP contribution >= 0.6 is 0 Å². The van der Waals surface area contributed by atoms with Gasteiger partial charge in [0.1, 0.15) is 11.5 Å². The molecular weight excluding hydrogens is 262 g/mol. The number of nitrogens with two attached hydrogens (primary N) is 1. The maximum Gasteiger partial charge on any atom is 0.133 e. The third-order valence-corrected chi connectivity index (χ3v) is 6.46. The van der Waals surface area contributed by atoms with E-state index in [2.05, 4.69) is 17.4 Å². The number of nitrogens with zero attached hydrogens (tertiary/aromatic N) is 1. The minimum absolute atomic E-state index is 0.000457. The Hall–Kier alpha value is -0.870. The fraction of sp³-hybridized carbons (Fsp3) is 0.824. The van der Waals surface area contributed by atoms with Crippen molar-refractivity contribution in [1.82, 2.24) is 10.5 Å². The maximum atomic E-state index is 6.92. The van der Waals surface area contributed by atoms with Crippen LogP contribution in [0.25, 0.3) is 0 Å². The quantitative estimate of drug-likeness (QED) is 0.894. The molecule has 21 heavy (non-hydrogen) atoms. The molecule has 4 nitrogen and oxygen atoms in total. The second-order valence-corrected chi connectivity index (χ2v) is 7.88. The third kappa shape index (κ3) is 2.23. The first kappa shape index (κ1) is 13.8. The van der Waals surface area contributed by atoms with Crippen molar-refractivity contribution in [3.8, 4) is 0 Å². The van der Waals surface area contributed by atoms with Gasteiger partial charge in [-0.2, -0.15) is 0 Å². The molecule has 0 saturated heterocycles. The highest BCUT2D eigenvalue weighted by Gasteiger charge is 2.55. The molecule has 0 radical (unpaired) electrons. The standard InChI is InChI=1S/C17H27N3O/c1-10-3-16(20-21-10)11(2)19-9-17(18)14-5-12-4-13(7-14)8-15(17)6-12/h3,11-15,19H,4-9,18H2,1-2H3. The molecule has 3 N–H and O–H groups in total. The van der Waals surface area contributed by atoms with E-state index in [-0.39, 0.29) is 11.6 Å². The van der Waals surface area contributed by atoms with Gasteiger partial charge in [-0.3, -0.25) is 0 Å². The molecule has 4 aliphatic carbocycles. The molecule has 4 fully saturated rings. The monoisotopic (exact) mass is 289 g/mol. The van der Waals surface area contributed by atoms with Crippen LogP contribution in [0.3, 0.4) is 0 Å². The van der Waals surface area contributed by atoms with E-state index in [0.717, 1.165) is 41.7 Å². The predicted octanol–water partition coefficient (Wildman–Crippen LogP) is 2.79. The lowest BCUT2D eigenvalue weighted by molar-refractivity contribution is -0.0549. The molecule has 1 aromatic rings. The van der Waals surface area contributed by atoms with Crippen molar-refractivity contribution in [2.75, 3.05) is 6.54 Å². The zero-order valence-corrected chi connectivity index (χ0v) is 13.1. The van der Waals surface area contributed by atoms with E-state index in [1.165, 1.54) is 32.1 Å². The second kappa shape index (κ2) is 4.82. The number of hydrogen-bond donors (Lipinski definition) is 2. The van der Waals surface area contributed by atoms with Crippen LogP contribution in [-0.4, -0.2) is 17.2 Å². The summed E-state index contributed by atoms with van der Waals surface area (Å²) >= 11 is 0. The summed E-state index contributed by atoms with van der Waals surface area (Å²) in [6.07, 6.45) is 6.93. The van der Waals surface area contributed by atoms with Crippen molar-refractivity contribution in [3.05, 3.63) is 17.5 Å². The van der Waals surface area contributed by atoms with E-state index >= 15 is 0 Å². The van der Waals surface area contributed by atoms with Gasteiger partial charge in [0, 0.05) is 18.2 Å². The number of rotatable bonds is 4. The normalized spacial score (nSPS) is 42.4. The minimum Gasteiger partial charge on any atom is -0.361 e. The van der Waals surface area contributed by atoms with Crippen molar-refractivity contribution in [3.63, 3.8) is 0 Å². The van der Waals surface area contributed by atoms with Crippen LogP contribution in [0.1, 0.15) is 56.5 Å². The average Bonchev–Trinajstić information content (AvgIpc) is 2.88. The average molecular weight is 289 g/mol. The number of hydrogen-bond acceptors (Lipinski definition) is 4. The third-order valence-electron chi connectivity index (χ3n) is 6.46. The van der Waals surface area contributed by atoms with E-state index in [4.69, 9.17) is 10.3 Å². The molecule has 4 aliphatic rings. The van der Waals surface area contributed by atoms with E-state index in [1.807, 2.05) is 13.0 Å². The summed E-state index contributed by atoms with van der Waals surface area (Å²) in [5, 5.41) is 7.75. The fourth-order valence-corrected chi connectivity index (χ4v) is 5.37. The lowest BCUT2D eigenvalue weighted by Gasteiger charge is -2.60. The van der Waals surface area contributed by atoms with Crippen LogP contribution in [0, 0.1) is 30.6 Å². The highest BCUT2D eigenvalue weighted by Crippen LogP contribution is 2.57. The maximum absolute atomic E-state index is 6.92. The van der Waals surface area contributed by atoms with Crippen LogP contribution in [0.4, 0.5) is 0 Å². The highest BCUT2D eigenvalue weighted by molar-refractivity contribution is 5.12. The summed E-state index contributed by atoms with van der Waals surface area (Å²) in [6, 6.07) is 2.22. The molecule has 1 aromatic heterocycles. The minimum atomic E-state index is 0.000457. The SMILES string of the molecule is Cc1cc(C(C)NCC2(N)C3CC4CC(C3)CC2C4)no1. The Bertz CT molecular complexity index is 496. The lowest BCUT2D eigenvalue weighted by atomic mass is 9.49. The summed E-state index contributed by atoms with van der Waals surface area (Å²) in [4.78, 5) is 0. The number of aromatic nitrogens is 1. The van der Waals surface area contributed by atoms with Gasteiger partial charge in [0.15, 0.2) is 0 Å². The second-order valence-electron chi connectivity index (χ2n) is 7.88. The van der Waals surface area contributed by atoms with Gasteiger partial charge in [0.25, 0.3) is 0 Å². The van der Waals surface area contributed by atoms with Crippen molar-refractivity contribution in [2.45, 2.75) is 57.5 Å². The Morgan fingerprint density at radius 1 is 1.29 bits per heavy atom. The number of aryl methyl sites for hydroxylation is 1. The molecular formula is C17H27N3O. The smallest absolute Gasteiger partial charge is 0.133 e. The lowest BCUT2D eigenvalue weighted by Crippen LogP contribution is -2.67. The van der Waals surface area contributed by atoms with Crippen LogP contribution in [0.15, 0.2) is 10.6 Å². The number of nitrogens with one attached hydrogen (secondary N) is 1. The van der Waals surface area contributed by atoms with Gasteiger partial charge < -0.3 is 15.6 Å². The topological polar surface area (TPSA) is 64.1 Å². The van der Waals surface area contributed by atoms with Crippen molar-refractivity contribution in [2.24, 2.45) is 29.4 Å². The van der Waals surface area contributed by atoms with Crippen LogP contribution in [0.5, 0.6) is 0 Å². The van der Waals surface area contributed by atoms with Crippen LogP contribution in [-0.2, 0) is 0 Å². The molecule has 0 aliphatic heterocycles. The van der Waals surface area contributed by atoms with E-state index in [1.54, 1.807) is 0 Å². The Morgan fingerprint density at radius 3 is 2.43 bits per heavy atom. The molecule has 0 amide bonds. The van der Waals surface area contributed by atoms with Gasteiger partial charge in [-0.05, 0) is 69.6 Å². The molecule has 5 rings (SSSR count). The fourth-order valence-electron chi connectivity index (χ4n) is 5.37. The highest BCUT2D eigenvalue weighted by atomic mass is 16.5. The van der Waals surface area contributed by atoms with Gasteiger partial charge in [-0.15, -0.1) is 0 Å². The first-order valence-electron chi connectivity index (χ1n) is 8.50. The van der Waals surface area contributed by atoms with Crippen LogP contribution < -0.4 is 11.1 Å². The molecule has 1 atom stereocenters. The van der Waals surface area contributed by atoms with E-state index in [0.29, 0.717) is 0 Å².